The number of rotatable bonds is 3. The number of hydrogen-bond donors (Lipinski definition) is 1. The van der Waals surface area contributed by atoms with Crippen LogP contribution < -0.4 is 5.32 Å². The summed E-state index contributed by atoms with van der Waals surface area (Å²) in [6, 6.07) is 3.78. The van der Waals surface area contributed by atoms with Gasteiger partial charge in [-0.05, 0) is 18.9 Å². The number of halogens is 1. The van der Waals surface area contributed by atoms with Crippen LogP contribution >= 0.6 is 0 Å². The summed E-state index contributed by atoms with van der Waals surface area (Å²) < 4.78 is 13.2. The van der Waals surface area contributed by atoms with E-state index in [1.807, 2.05) is 0 Å². The SMILES string of the molecule is O=[N+]([O-])c1ccc(F)cc1NC1CCCCCCC1. The van der Waals surface area contributed by atoms with E-state index in [1.54, 1.807) is 0 Å². The third kappa shape index (κ3) is 3.91. The smallest absolute Gasteiger partial charge is 0.292 e. The molecule has 0 atom stereocenters. The number of benzene rings is 1. The molecule has 0 unspecified atom stereocenters. The summed E-state index contributed by atoms with van der Waals surface area (Å²) in [6.45, 7) is 0. The molecule has 1 N–H and O–H groups in total. The molecule has 1 fully saturated rings. The summed E-state index contributed by atoms with van der Waals surface area (Å²) in [5.74, 6) is -0.445. The van der Waals surface area contributed by atoms with Crippen molar-refractivity contribution >= 4 is 11.4 Å². The highest BCUT2D eigenvalue weighted by Gasteiger charge is 2.18. The number of anilines is 1. The molecule has 4 nitrogen and oxygen atoms in total. The summed E-state index contributed by atoms with van der Waals surface area (Å²) in [7, 11) is 0. The van der Waals surface area contributed by atoms with Gasteiger partial charge in [-0.3, -0.25) is 10.1 Å². The number of nitrogens with zero attached hydrogens (tertiary/aromatic N) is 1. The van der Waals surface area contributed by atoms with Crippen molar-refractivity contribution in [3.63, 3.8) is 0 Å². The molecule has 1 aliphatic rings. The molecule has 1 aromatic carbocycles. The molecule has 0 radical (unpaired) electrons. The molecule has 0 spiro atoms. The maximum atomic E-state index is 13.2. The van der Waals surface area contributed by atoms with Gasteiger partial charge in [0.15, 0.2) is 0 Å². The van der Waals surface area contributed by atoms with Gasteiger partial charge in [-0.15, -0.1) is 0 Å². The molecule has 5 heteroatoms. The average Bonchev–Trinajstić information content (AvgIpc) is 2.32. The van der Waals surface area contributed by atoms with Crippen LogP contribution in [0.25, 0.3) is 0 Å². The first-order valence-electron chi connectivity index (χ1n) is 6.87. The minimum Gasteiger partial charge on any atom is -0.377 e. The molecule has 2 rings (SSSR count). The maximum Gasteiger partial charge on any atom is 0.292 e. The van der Waals surface area contributed by atoms with E-state index in [0.29, 0.717) is 5.69 Å². The Morgan fingerprint density at radius 3 is 2.42 bits per heavy atom. The molecular weight excluding hydrogens is 247 g/mol. The molecule has 1 saturated carbocycles. The van der Waals surface area contributed by atoms with E-state index in [2.05, 4.69) is 5.32 Å². The Bertz CT molecular complexity index is 443. The van der Waals surface area contributed by atoms with Crippen LogP contribution in [0.1, 0.15) is 44.9 Å². The Labute approximate surface area is 112 Å². The highest BCUT2D eigenvalue weighted by molar-refractivity contribution is 5.61. The van der Waals surface area contributed by atoms with E-state index in [4.69, 9.17) is 0 Å². The fourth-order valence-electron chi connectivity index (χ4n) is 2.60. The van der Waals surface area contributed by atoms with Crippen LogP contribution in [0, 0.1) is 15.9 Å². The number of nitro groups is 1. The van der Waals surface area contributed by atoms with E-state index in [0.717, 1.165) is 31.7 Å². The Balaban J connectivity index is 2.11. The molecule has 0 aromatic heterocycles. The third-order valence-corrected chi connectivity index (χ3v) is 3.62. The second-order valence-electron chi connectivity index (χ2n) is 5.10. The van der Waals surface area contributed by atoms with Crippen LogP contribution in [0.15, 0.2) is 18.2 Å². The van der Waals surface area contributed by atoms with Gasteiger partial charge in [0.1, 0.15) is 11.5 Å². The predicted molar refractivity (Wildman–Crippen MR) is 72.8 cm³/mol. The van der Waals surface area contributed by atoms with Gasteiger partial charge in [-0.25, -0.2) is 4.39 Å². The first-order valence-corrected chi connectivity index (χ1v) is 6.87. The lowest BCUT2D eigenvalue weighted by Gasteiger charge is -2.22. The van der Waals surface area contributed by atoms with Crippen molar-refractivity contribution < 1.29 is 9.31 Å². The van der Waals surface area contributed by atoms with Crippen LogP contribution in [0.5, 0.6) is 0 Å². The van der Waals surface area contributed by atoms with Crippen LogP contribution in [0.4, 0.5) is 15.8 Å². The van der Waals surface area contributed by atoms with Crippen molar-refractivity contribution in [2.75, 3.05) is 5.32 Å². The summed E-state index contributed by atoms with van der Waals surface area (Å²) in [6.07, 6.45) is 7.93. The molecule has 19 heavy (non-hydrogen) atoms. The lowest BCUT2D eigenvalue weighted by Crippen LogP contribution is -2.21. The second kappa shape index (κ2) is 6.50. The molecule has 0 saturated heterocycles. The monoisotopic (exact) mass is 266 g/mol. The summed E-state index contributed by atoms with van der Waals surface area (Å²) in [4.78, 5) is 10.5. The highest BCUT2D eigenvalue weighted by Crippen LogP contribution is 2.28. The van der Waals surface area contributed by atoms with Crippen molar-refractivity contribution in [2.45, 2.75) is 51.0 Å². The van der Waals surface area contributed by atoms with Crippen LogP contribution in [-0.2, 0) is 0 Å². The number of nitro benzene ring substituents is 1. The molecule has 0 amide bonds. The van der Waals surface area contributed by atoms with Crippen molar-refractivity contribution in [1.29, 1.82) is 0 Å². The van der Waals surface area contributed by atoms with Gasteiger partial charge in [0.2, 0.25) is 0 Å². The minimum absolute atomic E-state index is 0.0524. The van der Waals surface area contributed by atoms with Crippen molar-refractivity contribution in [3.05, 3.63) is 34.1 Å². The minimum atomic E-state index is -0.468. The van der Waals surface area contributed by atoms with E-state index in [9.17, 15) is 14.5 Å². The molecule has 0 aliphatic heterocycles. The van der Waals surface area contributed by atoms with Gasteiger partial charge >= 0.3 is 0 Å². The summed E-state index contributed by atoms with van der Waals surface area (Å²) in [5.41, 5.74) is 0.249. The zero-order valence-corrected chi connectivity index (χ0v) is 10.9. The lowest BCUT2D eigenvalue weighted by molar-refractivity contribution is -0.384. The Morgan fingerprint density at radius 2 is 1.79 bits per heavy atom. The van der Waals surface area contributed by atoms with Gasteiger partial charge < -0.3 is 5.32 Å². The average molecular weight is 266 g/mol. The molecule has 1 aromatic rings. The van der Waals surface area contributed by atoms with E-state index >= 15 is 0 Å². The van der Waals surface area contributed by atoms with Gasteiger partial charge in [-0.2, -0.15) is 0 Å². The predicted octanol–water partition coefficient (Wildman–Crippen LogP) is 4.26. The fraction of sp³-hybridized carbons (Fsp3) is 0.571. The molecule has 104 valence electrons. The summed E-state index contributed by atoms with van der Waals surface area (Å²) in [5, 5.41) is 14.1. The maximum absolute atomic E-state index is 13.2. The third-order valence-electron chi connectivity index (χ3n) is 3.62. The van der Waals surface area contributed by atoms with Gasteiger partial charge in [-0.1, -0.05) is 32.1 Å². The Morgan fingerprint density at radius 1 is 1.16 bits per heavy atom. The van der Waals surface area contributed by atoms with Crippen LogP contribution in [0.3, 0.4) is 0 Å². The van der Waals surface area contributed by atoms with E-state index < -0.39 is 10.7 Å². The van der Waals surface area contributed by atoms with Crippen molar-refractivity contribution in [3.8, 4) is 0 Å². The normalized spacial score (nSPS) is 17.5. The Kier molecular flexibility index (Phi) is 4.71. The number of hydrogen-bond acceptors (Lipinski definition) is 3. The first-order chi connectivity index (χ1) is 9.16. The quantitative estimate of drug-likeness (QED) is 0.657. The van der Waals surface area contributed by atoms with E-state index in [-0.39, 0.29) is 11.7 Å². The first kappa shape index (κ1) is 13.8. The van der Waals surface area contributed by atoms with Crippen LogP contribution in [-0.4, -0.2) is 11.0 Å². The second-order valence-corrected chi connectivity index (χ2v) is 5.10. The zero-order chi connectivity index (χ0) is 13.7. The molecule has 0 bridgehead atoms. The lowest BCUT2D eigenvalue weighted by atomic mass is 9.96. The Hall–Kier alpha value is -1.65. The largest absolute Gasteiger partial charge is 0.377 e. The highest BCUT2D eigenvalue weighted by atomic mass is 19.1. The topological polar surface area (TPSA) is 55.2 Å². The van der Waals surface area contributed by atoms with Gasteiger partial charge in [0.25, 0.3) is 5.69 Å². The molecule has 1 aliphatic carbocycles. The zero-order valence-electron chi connectivity index (χ0n) is 10.9. The van der Waals surface area contributed by atoms with Crippen molar-refractivity contribution in [1.82, 2.24) is 0 Å². The van der Waals surface area contributed by atoms with Crippen LogP contribution in [0.2, 0.25) is 0 Å². The van der Waals surface area contributed by atoms with Gasteiger partial charge in [0.05, 0.1) is 4.92 Å². The number of nitrogens with one attached hydrogen (secondary N) is 1. The fourth-order valence-corrected chi connectivity index (χ4v) is 2.60. The van der Waals surface area contributed by atoms with Crippen molar-refractivity contribution in [2.24, 2.45) is 0 Å². The van der Waals surface area contributed by atoms with Gasteiger partial charge in [0, 0.05) is 18.2 Å². The molecular formula is C14H19FN2O2. The van der Waals surface area contributed by atoms with E-state index in [1.165, 1.54) is 31.4 Å². The standard InChI is InChI=1S/C14H19FN2O2/c15-11-8-9-14(17(18)19)13(10-11)16-12-6-4-2-1-3-5-7-12/h8-10,12,16H,1-7H2. The molecule has 0 heterocycles. The summed E-state index contributed by atoms with van der Waals surface area (Å²) >= 11 is 0.